The number of aryl methyl sites for hydroxylation is 1. The molecule has 1 heterocycles. The maximum absolute atomic E-state index is 4.37. The van der Waals surface area contributed by atoms with Gasteiger partial charge >= 0.3 is 0 Å². The molecule has 0 saturated heterocycles. The molecule has 0 amide bonds. The Bertz CT molecular complexity index is 446. The van der Waals surface area contributed by atoms with Gasteiger partial charge in [0.15, 0.2) is 0 Å². The highest BCUT2D eigenvalue weighted by molar-refractivity contribution is 5.59. The number of H-pyrrole nitrogens is 1. The van der Waals surface area contributed by atoms with Crippen LogP contribution in [0.4, 0.5) is 0 Å². The van der Waals surface area contributed by atoms with E-state index >= 15 is 0 Å². The summed E-state index contributed by atoms with van der Waals surface area (Å²) in [5, 5.41) is 3.09. The van der Waals surface area contributed by atoms with Gasteiger partial charge in [-0.25, -0.2) is 4.98 Å². The summed E-state index contributed by atoms with van der Waals surface area (Å²) < 4.78 is 0. The van der Waals surface area contributed by atoms with E-state index < -0.39 is 0 Å². The molecule has 0 bridgehead atoms. The number of imidazole rings is 1. The van der Waals surface area contributed by atoms with E-state index in [0.29, 0.717) is 0 Å². The first-order valence-electron chi connectivity index (χ1n) is 5.05. The third-order valence-corrected chi connectivity index (χ3v) is 2.40. The summed E-state index contributed by atoms with van der Waals surface area (Å²) in [6, 6.07) is 8.24. The molecule has 2 N–H and O–H groups in total. The minimum absolute atomic E-state index is 0.818. The fourth-order valence-corrected chi connectivity index (χ4v) is 1.61. The van der Waals surface area contributed by atoms with E-state index in [1.54, 1.807) is 0 Å². The number of nitrogens with one attached hydrogen (secondary N) is 2. The first kappa shape index (κ1) is 9.93. The summed E-state index contributed by atoms with van der Waals surface area (Å²) >= 11 is 0. The van der Waals surface area contributed by atoms with Gasteiger partial charge < -0.3 is 10.3 Å². The molecule has 0 radical (unpaired) electrons. The second kappa shape index (κ2) is 4.28. The van der Waals surface area contributed by atoms with E-state index in [9.17, 15) is 0 Å². The molecule has 78 valence electrons. The maximum atomic E-state index is 4.37. The Hall–Kier alpha value is -1.61. The Kier molecular flexibility index (Phi) is 2.83. The minimum Gasteiger partial charge on any atom is -0.341 e. The van der Waals surface area contributed by atoms with Gasteiger partial charge in [-0.3, -0.25) is 0 Å². The van der Waals surface area contributed by atoms with Gasteiger partial charge in [0.1, 0.15) is 5.82 Å². The zero-order chi connectivity index (χ0) is 10.7. The average molecular weight is 201 g/mol. The van der Waals surface area contributed by atoms with Crippen LogP contribution in [0.5, 0.6) is 0 Å². The van der Waals surface area contributed by atoms with E-state index in [0.717, 1.165) is 18.1 Å². The number of benzene rings is 1. The van der Waals surface area contributed by atoms with Gasteiger partial charge in [-0.05, 0) is 19.5 Å². The van der Waals surface area contributed by atoms with Crippen molar-refractivity contribution < 1.29 is 0 Å². The van der Waals surface area contributed by atoms with Gasteiger partial charge in [0.25, 0.3) is 0 Å². The van der Waals surface area contributed by atoms with Crippen LogP contribution in [0.3, 0.4) is 0 Å². The van der Waals surface area contributed by atoms with Crippen molar-refractivity contribution in [1.82, 2.24) is 15.3 Å². The van der Waals surface area contributed by atoms with Crippen molar-refractivity contribution in [3.05, 3.63) is 41.7 Å². The predicted octanol–water partition coefficient (Wildman–Crippen LogP) is 2.10. The zero-order valence-corrected chi connectivity index (χ0v) is 9.04. The molecule has 3 nitrogen and oxygen atoms in total. The van der Waals surface area contributed by atoms with E-state index in [-0.39, 0.29) is 0 Å². The molecule has 2 aromatic rings. The van der Waals surface area contributed by atoms with Crippen LogP contribution in [0.15, 0.2) is 30.5 Å². The van der Waals surface area contributed by atoms with Crippen molar-refractivity contribution in [2.45, 2.75) is 13.5 Å². The molecular weight excluding hydrogens is 186 g/mol. The molecule has 0 fully saturated rings. The monoisotopic (exact) mass is 201 g/mol. The van der Waals surface area contributed by atoms with Crippen molar-refractivity contribution in [3.63, 3.8) is 0 Å². The molecule has 0 spiro atoms. The predicted molar refractivity (Wildman–Crippen MR) is 61.5 cm³/mol. The zero-order valence-electron chi connectivity index (χ0n) is 9.04. The number of aromatic amines is 1. The molecule has 2 rings (SSSR count). The quantitative estimate of drug-likeness (QED) is 0.798. The molecule has 3 heteroatoms. The van der Waals surface area contributed by atoms with E-state index in [2.05, 4.69) is 34.3 Å². The fourth-order valence-electron chi connectivity index (χ4n) is 1.61. The fraction of sp³-hybridized carbons (Fsp3) is 0.250. The Morgan fingerprint density at radius 1 is 1.33 bits per heavy atom. The molecule has 0 unspecified atom stereocenters. The van der Waals surface area contributed by atoms with Crippen LogP contribution < -0.4 is 5.32 Å². The first-order valence-corrected chi connectivity index (χ1v) is 5.05. The average Bonchev–Trinajstić information content (AvgIpc) is 2.68. The van der Waals surface area contributed by atoms with E-state index in [1.165, 1.54) is 11.1 Å². The molecule has 0 aliphatic rings. The highest BCUT2D eigenvalue weighted by Crippen LogP contribution is 2.19. The van der Waals surface area contributed by atoms with Gasteiger partial charge in [0, 0.05) is 24.0 Å². The molecule has 1 aromatic carbocycles. The lowest BCUT2D eigenvalue weighted by atomic mass is 10.1. The topological polar surface area (TPSA) is 40.7 Å². The summed E-state index contributed by atoms with van der Waals surface area (Å²) in [6.45, 7) is 2.91. The second-order valence-corrected chi connectivity index (χ2v) is 3.60. The van der Waals surface area contributed by atoms with Crippen molar-refractivity contribution in [2.75, 3.05) is 7.05 Å². The van der Waals surface area contributed by atoms with Gasteiger partial charge in [-0.2, -0.15) is 0 Å². The Balaban J connectivity index is 2.33. The lowest BCUT2D eigenvalue weighted by Gasteiger charge is -2.01. The lowest BCUT2D eigenvalue weighted by Crippen LogP contribution is -2.04. The van der Waals surface area contributed by atoms with Crippen LogP contribution in [-0.2, 0) is 6.54 Å². The molecule has 15 heavy (non-hydrogen) atoms. The molecule has 0 saturated carbocycles. The summed E-state index contributed by atoms with van der Waals surface area (Å²) in [5.41, 5.74) is 3.51. The van der Waals surface area contributed by atoms with Crippen molar-refractivity contribution >= 4 is 0 Å². The third-order valence-electron chi connectivity index (χ3n) is 2.40. The first-order chi connectivity index (χ1) is 7.31. The lowest BCUT2D eigenvalue weighted by molar-refractivity contribution is 0.797. The van der Waals surface area contributed by atoms with Crippen LogP contribution in [0.2, 0.25) is 0 Å². The Morgan fingerprint density at radius 2 is 2.13 bits per heavy atom. The molecular formula is C12H15N3. The summed E-state index contributed by atoms with van der Waals surface area (Å²) in [4.78, 5) is 7.67. The van der Waals surface area contributed by atoms with E-state index in [1.807, 2.05) is 25.4 Å². The van der Waals surface area contributed by atoms with E-state index in [4.69, 9.17) is 0 Å². The minimum atomic E-state index is 0.818. The molecule has 0 aliphatic carbocycles. The van der Waals surface area contributed by atoms with Crippen LogP contribution in [0.25, 0.3) is 11.4 Å². The van der Waals surface area contributed by atoms with Crippen molar-refractivity contribution in [2.24, 2.45) is 0 Å². The summed E-state index contributed by atoms with van der Waals surface area (Å²) in [6.07, 6.45) is 1.87. The summed E-state index contributed by atoms with van der Waals surface area (Å²) in [7, 11) is 1.92. The summed E-state index contributed by atoms with van der Waals surface area (Å²) in [5.74, 6) is 0.943. The standard InChI is InChI=1S/C12H15N3/c1-9-5-3-4-6-11(9)12-14-8-10(15-12)7-13-2/h3-6,8,13H,7H2,1-2H3,(H,14,15). The smallest absolute Gasteiger partial charge is 0.137 e. The SMILES string of the molecule is CNCc1cnc(-c2ccccc2C)[nH]1. The van der Waals surface area contributed by atoms with Gasteiger partial charge in [0.2, 0.25) is 0 Å². The number of hydrogen-bond donors (Lipinski definition) is 2. The largest absolute Gasteiger partial charge is 0.341 e. The Morgan fingerprint density at radius 3 is 2.87 bits per heavy atom. The number of hydrogen-bond acceptors (Lipinski definition) is 2. The Labute approximate surface area is 89.6 Å². The highest BCUT2D eigenvalue weighted by atomic mass is 14.9. The number of nitrogens with zero attached hydrogens (tertiary/aromatic N) is 1. The third kappa shape index (κ3) is 2.07. The van der Waals surface area contributed by atoms with Gasteiger partial charge in [0.05, 0.1) is 0 Å². The van der Waals surface area contributed by atoms with Crippen LogP contribution in [0.1, 0.15) is 11.3 Å². The van der Waals surface area contributed by atoms with Crippen LogP contribution in [-0.4, -0.2) is 17.0 Å². The van der Waals surface area contributed by atoms with Crippen LogP contribution >= 0.6 is 0 Å². The second-order valence-electron chi connectivity index (χ2n) is 3.60. The highest BCUT2D eigenvalue weighted by Gasteiger charge is 2.04. The van der Waals surface area contributed by atoms with Crippen LogP contribution in [0, 0.1) is 6.92 Å². The normalized spacial score (nSPS) is 10.5. The molecule has 0 aliphatic heterocycles. The van der Waals surface area contributed by atoms with Crippen molar-refractivity contribution in [3.8, 4) is 11.4 Å². The number of rotatable bonds is 3. The number of aromatic nitrogens is 2. The van der Waals surface area contributed by atoms with Crippen molar-refractivity contribution in [1.29, 1.82) is 0 Å². The molecule has 0 atom stereocenters. The van der Waals surface area contributed by atoms with Gasteiger partial charge in [-0.15, -0.1) is 0 Å². The maximum Gasteiger partial charge on any atom is 0.137 e. The molecule has 1 aromatic heterocycles. The van der Waals surface area contributed by atoms with Gasteiger partial charge in [-0.1, -0.05) is 24.3 Å².